The van der Waals surface area contributed by atoms with Crippen molar-refractivity contribution in [2.45, 2.75) is 12.7 Å². The Balaban J connectivity index is 2.38. The van der Waals surface area contributed by atoms with Gasteiger partial charge in [0, 0.05) is 5.57 Å². The van der Waals surface area contributed by atoms with Crippen LogP contribution in [0.1, 0.15) is 5.56 Å². The normalized spacial score (nSPS) is 11.9. The van der Waals surface area contributed by atoms with E-state index in [2.05, 4.69) is 12.3 Å². The van der Waals surface area contributed by atoms with Crippen molar-refractivity contribution in [3.05, 3.63) is 53.8 Å². The predicted octanol–water partition coefficient (Wildman–Crippen LogP) is 1.27. The van der Waals surface area contributed by atoms with Gasteiger partial charge in [0.15, 0.2) is 0 Å². The van der Waals surface area contributed by atoms with E-state index in [1.54, 1.807) is 0 Å². The molecule has 0 saturated heterocycles. The fourth-order valence-corrected chi connectivity index (χ4v) is 1.23. The zero-order chi connectivity index (χ0) is 11.8. The number of aliphatic hydroxyl groups is 2. The molecule has 1 unspecified atom stereocenters. The zero-order valence-electron chi connectivity index (χ0n) is 9.10. The standard InChI is InChI=1S/C13H16O3/c1-2-12(13(15)8-14)10-16-9-11-6-4-3-5-7-11/h3-7,13-15H,1,8-10H2. The number of hydrogen-bond acceptors (Lipinski definition) is 3. The summed E-state index contributed by atoms with van der Waals surface area (Å²) in [5.74, 6) is 0. The molecule has 0 aliphatic rings. The van der Waals surface area contributed by atoms with E-state index in [1.807, 2.05) is 30.3 Å². The molecule has 2 N–H and O–H groups in total. The Labute approximate surface area is 95.3 Å². The van der Waals surface area contributed by atoms with Crippen LogP contribution >= 0.6 is 0 Å². The lowest BCUT2D eigenvalue weighted by Crippen LogP contribution is -2.18. The fraction of sp³-hybridized carbons (Fsp3) is 0.308. The van der Waals surface area contributed by atoms with Crippen molar-refractivity contribution in [3.63, 3.8) is 0 Å². The Kier molecular flexibility index (Phi) is 5.54. The maximum atomic E-state index is 9.35. The number of ether oxygens (including phenoxy) is 1. The molecular formula is C13H16O3. The molecule has 0 saturated carbocycles. The predicted molar refractivity (Wildman–Crippen MR) is 61.8 cm³/mol. The van der Waals surface area contributed by atoms with E-state index in [4.69, 9.17) is 9.84 Å². The van der Waals surface area contributed by atoms with Crippen molar-refractivity contribution in [1.82, 2.24) is 0 Å². The molecule has 0 heterocycles. The molecule has 86 valence electrons. The van der Waals surface area contributed by atoms with Crippen LogP contribution in [0.25, 0.3) is 0 Å². The van der Waals surface area contributed by atoms with E-state index < -0.39 is 6.10 Å². The Hall–Kier alpha value is -1.38. The summed E-state index contributed by atoms with van der Waals surface area (Å²) in [7, 11) is 0. The molecule has 1 atom stereocenters. The summed E-state index contributed by atoms with van der Waals surface area (Å²) >= 11 is 0. The van der Waals surface area contributed by atoms with Crippen molar-refractivity contribution < 1.29 is 14.9 Å². The van der Waals surface area contributed by atoms with Gasteiger partial charge in [-0.15, -0.1) is 5.73 Å². The van der Waals surface area contributed by atoms with Crippen molar-refractivity contribution in [2.75, 3.05) is 13.2 Å². The molecule has 0 aromatic heterocycles. The highest BCUT2D eigenvalue weighted by Gasteiger charge is 2.08. The minimum absolute atomic E-state index is 0.222. The maximum Gasteiger partial charge on any atom is 0.108 e. The fourth-order valence-electron chi connectivity index (χ4n) is 1.23. The van der Waals surface area contributed by atoms with Crippen LogP contribution < -0.4 is 0 Å². The summed E-state index contributed by atoms with van der Waals surface area (Å²) < 4.78 is 5.39. The van der Waals surface area contributed by atoms with Crippen LogP contribution in [-0.2, 0) is 11.3 Å². The third kappa shape index (κ3) is 4.01. The smallest absolute Gasteiger partial charge is 0.108 e. The molecule has 0 fully saturated rings. The van der Waals surface area contributed by atoms with Crippen molar-refractivity contribution >= 4 is 0 Å². The van der Waals surface area contributed by atoms with Crippen LogP contribution in [0.3, 0.4) is 0 Å². The average Bonchev–Trinajstić information content (AvgIpc) is 2.35. The Bertz CT molecular complexity index is 353. The van der Waals surface area contributed by atoms with Gasteiger partial charge in [-0.2, -0.15) is 0 Å². The highest BCUT2D eigenvalue weighted by atomic mass is 16.5. The second-order valence-electron chi connectivity index (χ2n) is 3.38. The molecule has 3 heteroatoms. The van der Waals surface area contributed by atoms with E-state index in [9.17, 15) is 5.11 Å². The van der Waals surface area contributed by atoms with Gasteiger partial charge in [0.25, 0.3) is 0 Å². The van der Waals surface area contributed by atoms with Gasteiger partial charge in [0.2, 0.25) is 0 Å². The molecule has 0 radical (unpaired) electrons. The van der Waals surface area contributed by atoms with Crippen LogP contribution in [0.4, 0.5) is 0 Å². The summed E-state index contributed by atoms with van der Waals surface area (Å²) in [6, 6.07) is 9.73. The second-order valence-corrected chi connectivity index (χ2v) is 3.38. The summed E-state index contributed by atoms with van der Waals surface area (Å²) in [6.45, 7) is 3.79. The minimum atomic E-state index is -0.937. The van der Waals surface area contributed by atoms with Gasteiger partial charge in [-0.05, 0) is 5.56 Å². The number of rotatable bonds is 6. The molecule has 3 nitrogen and oxygen atoms in total. The van der Waals surface area contributed by atoms with Gasteiger partial charge in [-0.1, -0.05) is 36.9 Å². The quantitative estimate of drug-likeness (QED) is 0.710. The highest BCUT2D eigenvalue weighted by Crippen LogP contribution is 2.05. The van der Waals surface area contributed by atoms with Gasteiger partial charge in [0.05, 0.1) is 19.8 Å². The molecule has 0 spiro atoms. The van der Waals surface area contributed by atoms with Crippen LogP contribution in [-0.4, -0.2) is 29.5 Å². The van der Waals surface area contributed by atoms with Crippen LogP contribution in [0.5, 0.6) is 0 Å². The molecule has 16 heavy (non-hydrogen) atoms. The van der Waals surface area contributed by atoms with Gasteiger partial charge in [-0.25, -0.2) is 0 Å². The summed E-state index contributed by atoms with van der Waals surface area (Å²) in [4.78, 5) is 0. The average molecular weight is 220 g/mol. The third-order valence-electron chi connectivity index (χ3n) is 2.17. The molecule has 0 amide bonds. The second kappa shape index (κ2) is 6.99. The van der Waals surface area contributed by atoms with Crippen LogP contribution in [0, 0.1) is 0 Å². The van der Waals surface area contributed by atoms with E-state index in [-0.39, 0.29) is 13.2 Å². The van der Waals surface area contributed by atoms with Gasteiger partial charge in [-0.3, -0.25) is 0 Å². The lowest BCUT2D eigenvalue weighted by atomic mass is 10.2. The van der Waals surface area contributed by atoms with Gasteiger partial charge in [0.1, 0.15) is 6.10 Å². The first-order valence-corrected chi connectivity index (χ1v) is 5.07. The molecular weight excluding hydrogens is 204 g/mol. The van der Waals surface area contributed by atoms with Crippen molar-refractivity contribution in [2.24, 2.45) is 0 Å². The Morgan fingerprint density at radius 3 is 2.62 bits per heavy atom. The van der Waals surface area contributed by atoms with E-state index in [0.29, 0.717) is 12.2 Å². The molecule has 0 aliphatic carbocycles. The molecule has 0 aliphatic heterocycles. The molecule has 1 aromatic carbocycles. The first-order valence-electron chi connectivity index (χ1n) is 5.07. The van der Waals surface area contributed by atoms with Gasteiger partial charge < -0.3 is 14.9 Å². The minimum Gasteiger partial charge on any atom is -0.393 e. The van der Waals surface area contributed by atoms with E-state index in [0.717, 1.165) is 5.56 Å². The first kappa shape index (κ1) is 12.7. The lowest BCUT2D eigenvalue weighted by molar-refractivity contribution is 0.0866. The number of aliphatic hydroxyl groups excluding tert-OH is 2. The van der Waals surface area contributed by atoms with Gasteiger partial charge >= 0.3 is 0 Å². The largest absolute Gasteiger partial charge is 0.393 e. The SMILES string of the molecule is C=C=C(COCc1ccccc1)C(O)CO. The lowest BCUT2D eigenvalue weighted by Gasteiger charge is -2.10. The monoisotopic (exact) mass is 220 g/mol. The van der Waals surface area contributed by atoms with E-state index >= 15 is 0 Å². The van der Waals surface area contributed by atoms with E-state index in [1.165, 1.54) is 0 Å². The molecule has 0 bridgehead atoms. The van der Waals surface area contributed by atoms with Crippen molar-refractivity contribution in [3.8, 4) is 0 Å². The summed E-state index contributed by atoms with van der Waals surface area (Å²) in [5.41, 5.74) is 4.10. The van der Waals surface area contributed by atoms with Crippen molar-refractivity contribution in [1.29, 1.82) is 0 Å². The van der Waals surface area contributed by atoms with Crippen LogP contribution in [0.2, 0.25) is 0 Å². The number of hydrogen-bond donors (Lipinski definition) is 2. The Morgan fingerprint density at radius 2 is 2.06 bits per heavy atom. The van der Waals surface area contributed by atoms with Crippen LogP contribution in [0.15, 0.2) is 48.2 Å². The zero-order valence-corrected chi connectivity index (χ0v) is 9.10. The molecule has 1 aromatic rings. The first-order chi connectivity index (χ1) is 7.77. The maximum absolute atomic E-state index is 9.35. The molecule has 1 rings (SSSR count). The third-order valence-corrected chi connectivity index (χ3v) is 2.17. The highest BCUT2D eigenvalue weighted by molar-refractivity contribution is 5.13. The topological polar surface area (TPSA) is 49.7 Å². The number of benzene rings is 1. The summed E-state index contributed by atoms with van der Waals surface area (Å²) in [6.07, 6.45) is -0.937. The Morgan fingerprint density at radius 1 is 1.38 bits per heavy atom. The summed E-state index contributed by atoms with van der Waals surface area (Å²) in [5, 5.41) is 18.1.